The number of rotatable bonds is 4. The van der Waals surface area contributed by atoms with Gasteiger partial charge in [-0.15, -0.1) is 12.4 Å². The van der Waals surface area contributed by atoms with E-state index in [0.717, 1.165) is 38.3 Å². The SMILES string of the molecule is Cl.Fc1ccc(Cn2cc(CN3CCNCC3)cn2)cc1. The van der Waals surface area contributed by atoms with E-state index >= 15 is 0 Å². The molecule has 114 valence electrons. The smallest absolute Gasteiger partial charge is 0.123 e. The van der Waals surface area contributed by atoms with Gasteiger partial charge in [-0.3, -0.25) is 9.58 Å². The van der Waals surface area contributed by atoms with Gasteiger partial charge in [-0.05, 0) is 17.7 Å². The van der Waals surface area contributed by atoms with Crippen LogP contribution in [0.4, 0.5) is 4.39 Å². The molecule has 0 saturated carbocycles. The summed E-state index contributed by atoms with van der Waals surface area (Å²) in [7, 11) is 0. The van der Waals surface area contributed by atoms with Crippen molar-refractivity contribution in [3.05, 3.63) is 53.6 Å². The van der Waals surface area contributed by atoms with Crippen molar-refractivity contribution >= 4 is 12.4 Å². The molecule has 0 bridgehead atoms. The summed E-state index contributed by atoms with van der Waals surface area (Å²) in [4.78, 5) is 2.43. The molecule has 4 nitrogen and oxygen atoms in total. The van der Waals surface area contributed by atoms with Gasteiger partial charge in [0.25, 0.3) is 0 Å². The topological polar surface area (TPSA) is 33.1 Å². The molecule has 0 atom stereocenters. The summed E-state index contributed by atoms with van der Waals surface area (Å²) in [5.41, 5.74) is 2.29. The fourth-order valence-corrected chi connectivity index (χ4v) is 2.48. The van der Waals surface area contributed by atoms with E-state index in [9.17, 15) is 4.39 Å². The summed E-state index contributed by atoms with van der Waals surface area (Å²) < 4.78 is 14.8. The van der Waals surface area contributed by atoms with Gasteiger partial charge in [0.1, 0.15) is 5.82 Å². The molecule has 0 spiro atoms. The Morgan fingerprint density at radius 3 is 2.48 bits per heavy atom. The van der Waals surface area contributed by atoms with Crippen molar-refractivity contribution in [2.24, 2.45) is 0 Å². The quantitative estimate of drug-likeness (QED) is 0.936. The van der Waals surface area contributed by atoms with Crippen LogP contribution in [-0.2, 0) is 13.1 Å². The first-order valence-corrected chi connectivity index (χ1v) is 6.98. The Morgan fingerprint density at radius 1 is 1.05 bits per heavy atom. The van der Waals surface area contributed by atoms with Gasteiger partial charge >= 0.3 is 0 Å². The maximum atomic E-state index is 12.9. The lowest BCUT2D eigenvalue weighted by molar-refractivity contribution is 0.233. The minimum absolute atomic E-state index is 0. The molecule has 1 N–H and O–H groups in total. The van der Waals surface area contributed by atoms with E-state index < -0.39 is 0 Å². The Hall–Kier alpha value is -1.43. The molecule has 1 aliphatic heterocycles. The molecule has 3 rings (SSSR count). The molecule has 0 unspecified atom stereocenters. The van der Waals surface area contributed by atoms with E-state index in [1.54, 1.807) is 12.1 Å². The number of hydrogen-bond donors (Lipinski definition) is 1. The predicted molar refractivity (Wildman–Crippen MR) is 83.1 cm³/mol. The number of nitrogens with zero attached hydrogens (tertiary/aromatic N) is 3. The molecule has 21 heavy (non-hydrogen) atoms. The molecule has 0 radical (unpaired) electrons. The summed E-state index contributed by atoms with van der Waals surface area (Å²) in [6.07, 6.45) is 4.00. The first kappa shape index (κ1) is 15.9. The molecule has 2 heterocycles. The normalized spacial score (nSPS) is 15.7. The highest BCUT2D eigenvalue weighted by molar-refractivity contribution is 5.85. The fourth-order valence-electron chi connectivity index (χ4n) is 2.48. The van der Waals surface area contributed by atoms with Crippen molar-refractivity contribution in [2.75, 3.05) is 26.2 Å². The molecule has 1 aliphatic rings. The summed E-state index contributed by atoms with van der Waals surface area (Å²) in [5.74, 6) is -0.200. The molecule has 0 amide bonds. The van der Waals surface area contributed by atoms with Gasteiger partial charge in [-0.1, -0.05) is 12.1 Å². The molecule has 2 aromatic rings. The molecule has 1 fully saturated rings. The van der Waals surface area contributed by atoms with Crippen LogP contribution in [-0.4, -0.2) is 40.9 Å². The molecule has 0 aliphatic carbocycles. The van der Waals surface area contributed by atoms with Crippen LogP contribution in [0.15, 0.2) is 36.7 Å². The summed E-state index contributed by atoms with van der Waals surface area (Å²) in [6, 6.07) is 6.57. The standard InChI is InChI=1S/C15H19FN4.ClH/c16-15-3-1-13(2-4-15)11-20-12-14(9-18-20)10-19-7-5-17-6-8-19;/h1-4,9,12,17H,5-8,10-11H2;1H. The zero-order valence-corrected chi connectivity index (χ0v) is 12.7. The number of benzene rings is 1. The van der Waals surface area contributed by atoms with E-state index in [1.165, 1.54) is 17.7 Å². The van der Waals surface area contributed by atoms with E-state index in [1.807, 2.05) is 10.9 Å². The Balaban J connectivity index is 0.00000161. The third kappa shape index (κ3) is 4.52. The summed E-state index contributed by atoms with van der Waals surface area (Å²) in [6.45, 7) is 5.92. The largest absolute Gasteiger partial charge is 0.314 e. The second-order valence-electron chi connectivity index (χ2n) is 5.20. The van der Waals surface area contributed by atoms with E-state index in [4.69, 9.17) is 0 Å². The summed E-state index contributed by atoms with van der Waals surface area (Å²) >= 11 is 0. The third-order valence-electron chi connectivity index (χ3n) is 3.56. The second kappa shape index (κ2) is 7.54. The highest BCUT2D eigenvalue weighted by Crippen LogP contribution is 2.08. The maximum Gasteiger partial charge on any atom is 0.123 e. The predicted octanol–water partition coefficient (Wildman–Crippen LogP) is 1.90. The van der Waals surface area contributed by atoms with Crippen molar-refractivity contribution in [3.63, 3.8) is 0 Å². The lowest BCUT2D eigenvalue weighted by Gasteiger charge is -2.26. The van der Waals surface area contributed by atoms with Gasteiger partial charge in [-0.2, -0.15) is 5.10 Å². The Labute approximate surface area is 130 Å². The van der Waals surface area contributed by atoms with Crippen molar-refractivity contribution in [3.8, 4) is 0 Å². The van der Waals surface area contributed by atoms with E-state index in [-0.39, 0.29) is 18.2 Å². The van der Waals surface area contributed by atoms with Crippen LogP contribution in [0.5, 0.6) is 0 Å². The monoisotopic (exact) mass is 310 g/mol. The Morgan fingerprint density at radius 2 is 1.76 bits per heavy atom. The molecule has 6 heteroatoms. The molecule has 1 saturated heterocycles. The number of hydrogen-bond acceptors (Lipinski definition) is 3. The molecular formula is C15H20ClFN4. The van der Waals surface area contributed by atoms with Crippen LogP contribution in [0, 0.1) is 5.82 Å². The van der Waals surface area contributed by atoms with Crippen molar-refractivity contribution in [1.82, 2.24) is 20.0 Å². The van der Waals surface area contributed by atoms with Gasteiger partial charge in [-0.25, -0.2) is 4.39 Å². The van der Waals surface area contributed by atoms with Crippen LogP contribution in [0.1, 0.15) is 11.1 Å². The van der Waals surface area contributed by atoms with Gasteiger partial charge in [0, 0.05) is 44.5 Å². The highest BCUT2D eigenvalue weighted by atomic mass is 35.5. The highest BCUT2D eigenvalue weighted by Gasteiger charge is 2.10. The number of halogens is 2. The van der Waals surface area contributed by atoms with Gasteiger partial charge in [0.2, 0.25) is 0 Å². The number of aromatic nitrogens is 2. The summed E-state index contributed by atoms with van der Waals surface area (Å²) in [5, 5.41) is 7.73. The van der Waals surface area contributed by atoms with Crippen molar-refractivity contribution < 1.29 is 4.39 Å². The second-order valence-corrected chi connectivity index (χ2v) is 5.20. The van der Waals surface area contributed by atoms with Crippen LogP contribution < -0.4 is 5.32 Å². The van der Waals surface area contributed by atoms with E-state index in [2.05, 4.69) is 21.5 Å². The molecular weight excluding hydrogens is 291 g/mol. The van der Waals surface area contributed by atoms with Crippen LogP contribution in [0.3, 0.4) is 0 Å². The van der Waals surface area contributed by atoms with Crippen LogP contribution >= 0.6 is 12.4 Å². The Bertz CT molecular complexity index is 549. The minimum Gasteiger partial charge on any atom is -0.314 e. The van der Waals surface area contributed by atoms with Gasteiger partial charge < -0.3 is 5.32 Å². The van der Waals surface area contributed by atoms with Crippen LogP contribution in [0.2, 0.25) is 0 Å². The first-order valence-electron chi connectivity index (χ1n) is 6.98. The minimum atomic E-state index is -0.200. The maximum absolute atomic E-state index is 12.9. The fraction of sp³-hybridized carbons (Fsp3) is 0.400. The van der Waals surface area contributed by atoms with Gasteiger partial charge in [0.15, 0.2) is 0 Å². The van der Waals surface area contributed by atoms with Crippen molar-refractivity contribution in [1.29, 1.82) is 0 Å². The third-order valence-corrected chi connectivity index (χ3v) is 3.56. The average molecular weight is 311 g/mol. The zero-order valence-electron chi connectivity index (χ0n) is 11.8. The van der Waals surface area contributed by atoms with E-state index in [0.29, 0.717) is 6.54 Å². The lowest BCUT2D eigenvalue weighted by Crippen LogP contribution is -2.42. The first-order chi connectivity index (χ1) is 9.79. The molecule has 1 aromatic heterocycles. The van der Waals surface area contributed by atoms with Crippen molar-refractivity contribution in [2.45, 2.75) is 13.1 Å². The number of piperazine rings is 1. The zero-order chi connectivity index (χ0) is 13.8. The number of nitrogens with one attached hydrogen (secondary N) is 1. The Kier molecular flexibility index (Phi) is 5.73. The average Bonchev–Trinajstić information content (AvgIpc) is 2.90. The van der Waals surface area contributed by atoms with Crippen LogP contribution in [0.25, 0.3) is 0 Å². The molecule has 1 aromatic carbocycles. The lowest BCUT2D eigenvalue weighted by atomic mass is 10.2. The van der Waals surface area contributed by atoms with Gasteiger partial charge in [0.05, 0.1) is 12.7 Å².